The van der Waals surface area contributed by atoms with E-state index in [9.17, 15) is 5.11 Å². The summed E-state index contributed by atoms with van der Waals surface area (Å²) in [7, 11) is 0. The molecule has 1 heterocycles. The van der Waals surface area contributed by atoms with E-state index in [1.165, 1.54) is 0 Å². The number of phenolic OH excluding ortho intramolecular Hbond substituents is 1. The zero-order chi connectivity index (χ0) is 11.7. The molecule has 0 aliphatic carbocycles. The third-order valence-electron chi connectivity index (χ3n) is 2.56. The first kappa shape index (κ1) is 10.9. The van der Waals surface area contributed by atoms with E-state index in [0.717, 1.165) is 23.1 Å². The fourth-order valence-corrected chi connectivity index (χ4v) is 1.82. The van der Waals surface area contributed by atoms with Crippen molar-refractivity contribution in [1.82, 2.24) is 15.2 Å². The first-order chi connectivity index (χ1) is 7.61. The van der Waals surface area contributed by atoms with Crippen LogP contribution in [0.15, 0.2) is 12.1 Å². The summed E-state index contributed by atoms with van der Waals surface area (Å²) in [6.45, 7) is 3.93. The van der Waals surface area contributed by atoms with Crippen LogP contribution in [-0.4, -0.2) is 20.3 Å². The van der Waals surface area contributed by atoms with E-state index in [1.807, 2.05) is 19.9 Å². The van der Waals surface area contributed by atoms with Crippen molar-refractivity contribution in [1.29, 1.82) is 0 Å². The van der Waals surface area contributed by atoms with Crippen molar-refractivity contribution in [3.05, 3.63) is 28.0 Å². The van der Waals surface area contributed by atoms with Crippen LogP contribution in [0.5, 0.6) is 5.75 Å². The lowest BCUT2D eigenvalue weighted by Gasteiger charge is -2.07. The molecule has 2 aromatic rings. The summed E-state index contributed by atoms with van der Waals surface area (Å²) in [5, 5.41) is 15.4. The maximum Gasteiger partial charge on any atom is 0.213 e. The SMILES string of the molecule is CCc1cc(-c2nc(=S)[nH][nH]2)c(C)cc1O. The number of hydrogen-bond acceptors (Lipinski definition) is 3. The van der Waals surface area contributed by atoms with Crippen LogP contribution in [0.1, 0.15) is 18.1 Å². The molecule has 0 bridgehead atoms. The van der Waals surface area contributed by atoms with E-state index in [4.69, 9.17) is 12.2 Å². The van der Waals surface area contributed by atoms with E-state index in [1.54, 1.807) is 6.07 Å². The van der Waals surface area contributed by atoms with Gasteiger partial charge in [-0.1, -0.05) is 6.92 Å². The number of rotatable bonds is 2. The van der Waals surface area contributed by atoms with Gasteiger partial charge in [-0.2, -0.15) is 4.98 Å². The number of aromatic amines is 2. The average Bonchev–Trinajstić information content (AvgIpc) is 2.65. The predicted octanol–water partition coefficient (Wildman–Crippen LogP) is 2.71. The number of hydrogen-bond donors (Lipinski definition) is 3. The number of aromatic nitrogens is 3. The second-order valence-electron chi connectivity index (χ2n) is 3.66. The second-order valence-corrected chi connectivity index (χ2v) is 4.05. The topological polar surface area (TPSA) is 64.7 Å². The van der Waals surface area contributed by atoms with Crippen LogP contribution >= 0.6 is 12.2 Å². The normalized spacial score (nSPS) is 10.6. The Bertz CT molecular complexity index is 571. The van der Waals surface area contributed by atoms with Crippen LogP contribution in [0.2, 0.25) is 0 Å². The lowest BCUT2D eigenvalue weighted by molar-refractivity contribution is 0.468. The molecular weight excluding hydrogens is 222 g/mol. The molecule has 0 unspecified atom stereocenters. The van der Waals surface area contributed by atoms with Gasteiger partial charge in [0.2, 0.25) is 4.77 Å². The summed E-state index contributed by atoms with van der Waals surface area (Å²) in [4.78, 5) is 4.17. The minimum absolute atomic E-state index is 0.331. The highest BCUT2D eigenvalue weighted by molar-refractivity contribution is 7.71. The van der Waals surface area contributed by atoms with Gasteiger partial charge in [-0.15, -0.1) is 0 Å². The maximum atomic E-state index is 9.71. The molecule has 0 aliphatic heterocycles. The largest absolute Gasteiger partial charge is 0.508 e. The Morgan fingerprint density at radius 1 is 1.38 bits per heavy atom. The van der Waals surface area contributed by atoms with E-state index in [0.29, 0.717) is 16.3 Å². The van der Waals surface area contributed by atoms with Crippen molar-refractivity contribution in [3.63, 3.8) is 0 Å². The van der Waals surface area contributed by atoms with Crippen molar-refractivity contribution in [2.75, 3.05) is 0 Å². The molecule has 2 rings (SSSR count). The third kappa shape index (κ3) is 1.86. The molecular formula is C11H13N3OS. The molecule has 84 valence electrons. The van der Waals surface area contributed by atoms with Gasteiger partial charge in [0.15, 0.2) is 5.82 Å². The fraction of sp³-hybridized carbons (Fsp3) is 0.273. The molecule has 0 saturated heterocycles. The number of phenols is 1. The molecule has 3 N–H and O–H groups in total. The highest BCUT2D eigenvalue weighted by Gasteiger charge is 2.09. The number of benzene rings is 1. The van der Waals surface area contributed by atoms with Crippen molar-refractivity contribution in [2.45, 2.75) is 20.3 Å². The van der Waals surface area contributed by atoms with E-state index >= 15 is 0 Å². The quantitative estimate of drug-likeness (QED) is 0.701. The van der Waals surface area contributed by atoms with Gasteiger partial charge in [0.1, 0.15) is 5.75 Å². The van der Waals surface area contributed by atoms with Crippen LogP contribution in [0.4, 0.5) is 0 Å². The first-order valence-corrected chi connectivity index (χ1v) is 5.50. The standard InChI is InChI=1S/C11H13N3OS/c1-3-7-5-8(6(2)4-9(7)15)10-12-11(16)14-13-10/h4-5,15H,3H2,1-2H3,(H2,12,13,14,16). The number of aryl methyl sites for hydroxylation is 2. The average molecular weight is 235 g/mol. The van der Waals surface area contributed by atoms with Gasteiger partial charge in [0.25, 0.3) is 0 Å². The Morgan fingerprint density at radius 3 is 2.69 bits per heavy atom. The highest BCUT2D eigenvalue weighted by Crippen LogP contribution is 2.27. The van der Waals surface area contributed by atoms with Gasteiger partial charge in [0, 0.05) is 5.56 Å². The van der Waals surface area contributed by atoms with E-state index in [-0.39, 0.29) is 0 Å². The van der Waals surface area contributed by atoms with Crippen LogP contribution in [0.3, 0.4) is 0 Å². The Labute approximate surface area is 98.4 Å². The van der Waals surface area contributed by atoms with Crippen molar-refractivity contribution < 1.29 is 5.11 Å². The van der Waals surface area contributed by atoms with E-state index < -0.39 is 0 Å². The first-order valence-electron chi connectivity index (χ1n) is 5.09. The second kappa shape index (κ2) is 4.09. The predicted molar refractivity (Wildman–Crippen MR) is 65.0 cm³/mol. The molecule has 0 amide bonds. The Kier molecular flexibility index (Phi) is 2.78. The molecule has 4 nitrogen and oxygen atoms in total. The lowest BCUT2D eigenvalue weighted by atomic mass is 10.0. The summed E-state index contributed by atoms with van der Waals surface area (Å²) in [5.41, 5.74) is 2.83. The smallest absolute Gasteiger partial charge is 0.213 e. The van der Waals surface area contributed by atoms with Gasteiger partial charge < -0.3 is 5.11 Å². The lowest BCUT2D eigenvalue weighted by Crippen LogP contribution is -1.90. The van der Waals surface area contributed by atoms with Gasteiger partial charge >= 0.3 is 0 Å². The maximum absolute atomic E-state index is 9.71. The van der Waals surface area contributed by atoms with Gasteiger partial charge in [-0.25, -0.2) is 0 Å². The summed E-state index contributed by atoms with van der Waals surface area (Å²) >= 11 is 4.92. The Morgan fingerprint density at radius 2 is 2.12 bits per heavy atom. The van der Waals surface area contributed by atoms with Crippen molar-refractivity contribution in [2.24, 2.45) is 0 Å². The molecule has 16 heavy (non-hydrogen) atoms. The molecule has 5 heteroatoms. The number of nitrogens with one attached hydrogen (secondary N) is 2. The highest BCUT2D eigenvalue weighted by atomic mass is 32.1. The van der Waals surface area contributed by atoms with Crippen LogP contribution in [-0.2, 0) is 6.42 Å². The summed E-state index contributed by atoms with van der Waals surface area (Å²) in [6.07, 6.45) is 0.782. The molecule has 0 radical (unpaired) electrons. The van der Waals surface area contributed by atoms with Gasteiger partial charge in [-0.3, -0.25) is 10.2 Å². The Balaban J connectivity index is 2.60. The molecule has 1 aromatic heterocycles. The zero-order valence-corrected chi connectivity index (χ0v) is 9.98. The molecule has 0 saturated carbocycles. The summed E-state index contributed by atoms with van der Waals surface area (Å²) < 4.78 is 0.431. The van der Waals surface area contributed by atoms with Crippen molar-refractivity contribution in [3.8, 4) is 17.1 Å². The molecule has 0 aliphatic rings. The van der Waals surface area contributed by atoms with Crippen molar-refractivity contribution >= 4 is 12.2 Å². The summed E-state index contributed by atoms with van der Waals surface area (Å²) in [6, 6.07) is 3.69. The van der Waals surface area contributed by atoms with Crippen LogP contribution in [0.25, 0.3) is 11.4 Å². The fourth-order valence-electron chi connectivity index (χ4n) is 1.67. The molecule has 0 spiro atoms. The minimum Gasteiger partial charge on any atom is -0.508 e. The van der Waals surface area contributed by atoms with E-state index in [2.05, 4.69) is 15.2 Å². The number of nitrogens with zero attached hydrogens (tertiary/aromatic N) is 1. The number of aromatic hydroxyl groups is 1. The van der Waals surface area contributed by atoms with Gasteiger partial charge in [0.05, 0.1) is 0 Å². The minimum atomic E-state index is 0.331. The molecule has 0 fully saturated rings. The molecule has 1 aromatic carbocycles. The zero-order valence-electron chi connectivity index (χ0n) is 9.16. The van der Waals surface area contributed by atoms with Gasteiger partial charge in [-0.05, 0) is 48.8 Å². The monoisotopic (exact) mass is 235 g/mol. The summed E-state index contributed by atoms with van der Waals surface area (Å²) in [5.74, 6) is 1.04. The number of H-pyrrole nitrogens is 2. The third-order valence-corrected chi connectivity index (χ3v) is 2.76. The van der Waals surface area contributed by atoms with Crippen LogP contribution in [0, 0.1) is 11.7 Å². The Hall–Kier alpha value is -1.62. The molecule has 0 atom stereocenters. The van der Waals surface area contributed by atoms with Crippen LogP contribution < -0.4 is 0 Å².